The predicted molar refractivity (Wildman–Crippen MR) is 80.2 cm³/mol. The number of nitrogens with one attached hydrogen (secondary N) is 3. The van der Waals surface area contributed by atoms with Gasteiger partial charge in [-0.2, -0.15) is 0 Å². The first-order chi connectivity index (χ1) is 10.1. The Balaban J connectivity index is 1.73. The van der Waals surface area contributed by atoms with Gasteiger partial charge in [-0.05, 0) is 44.5 Å². The molecule has 0 aromatic heterocycles. The lowest BCUT2D eigenvalue weighted by Crippen LogP contribution is -2.45. The van der Waals surface area contributed by atoms with E-state index in [4.69, 9.17) is 9.47 Å². The first-order valence-electron chi connectivity index (χ1n) is 7.18. The van der Waals surface area contributed by atoms with Crippen LogP contribution in [0.2, 0.25) is 0 Å². The van der Waals surface area contributed by atoms with Crippen molar-refractivity contribution in [2.45, 2.75) is 38.5 Å². The first kappa shape index (κ1) is 15.6. The fourth-order valence-electron chi connectivity index (χ4n) is 2.18. The van der Waals surface area contributed by atoms with Crippen molar-refractivity contribution < 1.29 is 14.3 Å². The molecule has 1 aliphatic rings. The highest BCUT2D eigenvalue weighted by Crippen LogP contribution is 2.18. The van der Waals surface area contributed by atoms with E-state index in [9.17, 15) is 4.79 Å². The van der Waals surface area contributed by atoms with E-state index in [0.29, 0.717) is 12.6 Å². The Morgan fingerprint density at radius 2 is 2.00 bits per heavy atom. The highest BCUT2D eigenvalue weighted by atomic mass is 16.5. The molecular weight excluding hydrogens is 270 g/mol. The van der Waals surface area contributed by atoms with Gasteiger partial charge in [0.2, 0.25) is 5.91 Å². The summed E-state index contributed by atoms with van der Waals surface area (Å²) in [4.78, 5) is 11.9. The molecule has 1 heterocycles. The van der Waals surface area contributed by atoms with Crippen molar-refractivity contribution in [3.63, 3.8) is 0 Å². The Labute approximate surface area is 125 Å². The second-order valence-corrected chi connectivity index (χ2v) is 5.33. The number of ether oxygens (including phenoxy) is 2. The van der Waals surface area contributed by atoms with Crippen LogP contribution in [0.25, 0.3) is 0 Å². The smallest absolute Gasteiger partial charge is 0.238 e. The van der Waals surface area contributed by atoms with Gasteiger partial charge in [-0.15, -0.1) is 0 Å². The van der Waals surface area contributed by atoms with Gasteiger partial charge >= 0.3 is 0 Å². The molecule has 21 heavy (non-hydrogen) atoms. The van der Waals surface area contributed by atoms with Gasteiger partial charge in [-0.3, -0.25) is 10.2 Å². The minimum absolute atomic E-state index is 0.00275. The normalized spacial score (nSPS) is 22.6. The summed E-state index contributed by atoms with van der Waals surface area (Å²) in [6.45, 7) is 4.43. The van der Waals surface area contributed by atoms with Gasteiger partial charge in [0.1, 0.15) is 23.6 Å². The van der Waals surface area contributed by atoms with E-state index in [1.807, 2.05) is 38.1 Å². The van der Waals surface area contributed by atoms with Crippen molar-refractivity contribution >= 4 is 5.91 Å². The lowest BCUT2D eigenvalue weighted by atomic mass is 10.1. The van der Waals surface area contributed by atoms with Gasteiger partial charge in [0.25, 0.3) is 0 Å². The number of hydrazine groups is 1. The van der Waals surface area contributed by atoms with Gasteiger partial charge in [-0.1, -0.05) is 0 Å². The zero-order valence-electron chi connectivity index (χ0n) is 12.7. The largest absolute Gasteiger partial charge is 0.497 e. The number of hydrogen-bond acceptors (Lipinski definition) is 5. The fraction of sp³-hybridized carbons (Fsp3) is 0.533. The number of benzene rings is 1. The average Bonchev–Trinajstić information content (AvgIpc) is 2.92. The van der Waals surface area contributed by atoms with Crippen molar-refractivity contribution in [3.8, 4) is 11.5 Å². The van der Waals surface area contributed by atoms with Crippen molar-refractivity contribution in [2.75, 3.05) is 13.7 Å². The molecule has 1 aliphatic heterocycles. The van der Waals surface area contributed by atoms with Crippen LogP contribution in [0.5, 0.6) is 11.5 Å². The van der Waals surface area contributed by atoms with Crippen molar-refractivity contribution in [2.24, 2.45) is 0 Å². The van der Waals surface area contributed by atoms with Crippen LogP contribution in [0.15, 0.2) is 24.3 Å². The standard InChI is InChI=1S/C15H23N3O3/c1-10-8-14(18-17-10)15(19)16-9-11(2)21-13-6-4-12(20-3)5-7-13/h4-7,10-11,14,17-18H,8-9H2,1-3H3,(H,16,19). The van der Waals surface area contributed by atoms with Crippen LogP contribution in [0.4, 0.5) is 0 Å². The molecule has 0 saturated carbocycles. The SMILES string of the molecule is COc1ccc(OC(C)CNC(=O)C2CC(C)NN2)cc1. The molecule has 1 aromatic rings. The van der Waals surface area contributed by atoms with Crippen LogP contribution in [-0.4, -0.2) is 37.7 Å². The van der Waals surface area contributed by atoms with Crippen LogP contribution >= 0.6 is 0 Å². The number of amides is 1. The number of carbonyl (C=O) groups excluding carboxylic acids is 1. The van der Waals surface area contributed by atoms with Gasteiger partial charge in [0.05, 0.1) is 13.7 Å². The van der Waals surface area contributed by atoms with Crippen molar-refractivity contribution in [3.05, 3.63) is 24.3 Å². The van der Waals surface area contributed by atoms with Gasteiger partial charge < -0.3 is 14.8 Å². The highest BCUT2D eigenvalue weighted by Gasteiger charge is 2.26. The molecule has 6 heteroatoms. The Hall–Kier alpha value is -1.79. The van der Waals surface area contributed by atoms with Gasteiger partial charge in [0, 0.05) is 6.04 Å². The summed E-state index contributed by atoms with van der Waals surface area (Å²) in [6.07, 6.45) is 0.689. The molecule has 6 nitrogen and oxygen atoms in total. The Bertz CT molecular complexity index is 464. The van der Waals surface area contributed by atoms with Gasteiger partial charge in [0.15, 0.2) is 0 Å². The molecule has 3 atom stereocenters. The van der Waals surface area contributed by atoms with Crippen LogP contribution in [0.1, 0.15) is 20.3 Å². The third kappa shape index (κ3) is 4.61. The van der Waals surface area contributed by atoms with E-state index < -0.39 is 0 Å². The minimum Gasteiger partial charge on any atom is -0.497 e. The molecule has 0 aliphatic carbocycles. The molecule has 1 amide bonds. The summed E-state index contributed by atoms with van der Waals surface area (Å²) in [7, 11) is 1.63. The quantitative estimate of drug-likeness (QED) is 0.725. The van der Waals surface area contributed by atoms with E-state index in [1.54, 1.807) is 7.11 Å². The number of hydrogen-bond donors (Lipinski definition) is 3. The second kappa shape index (κ2) is 7.28. The fourth-order valence-corrected chi connectivity index (χ4v) is 2.18. The predicted octanol–water partition coefficient (Wildman–Crippen LogP) is 0.834. The first-order valence-corrected chi connectivity index (χ1v) is 7.18. The number of methoxy groups -OCH3 is 1. The molecule has 1 fully saturated rings. The molecule has 1 aromatic carbocycles. The Morgan fingerprint density at radius 1 is 1.33 bits per heavy atom. The van der Waals surface area contributed by atoms with E-state index in [0.717, 1.165) is 17.9 Å². The average molecular weight is 293 g/mol. The molecule has 3 N–H and O–H groups in total. The van der Waals surface area contributed by atoms with E-state index in [-0.39, 0.29) is 18.1 Å². The summed E-state index contributed by atoms with van der Waals surface area (Å²) in [5.74, 6) is 1.54. The third-order valence-corrected chi connectivity index (χ3v) is 3.37. The Kier molecular flexibility index (Phi) is 5.41. The molecule has 0 bridgehead atoms. The Morgan fingerprint density at radius 3 is 2.57 bits per heavy atom. The maximum atomic E-state index is 11.9. The van der Waals surface area contributed by atoms with E-state index in [1.165, 1.54) is 0 Å². The lowest BCUT2D eigenvalue weighted by Gasteiger charge is -2.17. The molecule has 116 valence electrons. The summed E-state index contributed by atoms with van der Waals surface area (Å²) in [6, 6.07) is 7.52. The summed E-state index contributed by atoms with van der Waals surface area (Å²) in [5.41, 5.74) is 6.01. The lowest BCUT2D eigenvalue weighted by molar-refractivity contribution is -0.123. The second-order valence-electron chi connectivity index (χ2n) is 5.33. The van der Waals surface area contributed by atoms with E-state index >= 15 is 0 Å². The highest BCUT2D eigenvalue weighted by molar-refractivity contribution is 5.82. The van der Waals surface area contributed by atoms with Crippen LogP contribution in [0.3, 0.4) is 0 Å². The zero-order chi connectivity index (χ0) is 15.2. The topological polar surface area (TPSA) is 71.6 Å². The molecule has 1 saturated heterocycles. The molecule has 0 radical (unpaired) electrons. The number of rotatable bonds is 6. The minimum atomic E-state index is -0.173. The monoisotopic (exact) mass is 293 g/mol. The van der Waals surface area contributed by atoms with Crippen molar-refractivity contribution in [1.29, 1.82) is 0 Å². The maximum Gasteiger partial charge on any atom is 0.238 e. The molecular formula is C15H23N3O3. The maximum absolute atomic E-state index is 11.9. The number of carbonyl (C=O) groups is 1. The molecule has 0 spiro atoms. The summed E-state index contributed by atoms with van der Waals surface area (Å²) < 4.78 is 10.8. The van der Waals surface area contributed by atoms with E-state index in [2.05, 4.69) is 16.2 Å². The molecule has 2 rings (SSSR count). The third-order valence-electron chi connectivity index (χ3n) is 3.37. The van der Waals surface area contributed by atoms with Crippen LogP contribution < -0.4 is 25.6 Å². The van der Waals surface area contributed by atoms with Gasteiger partial charge in [-0.25, -0.2) is 5.43 Å². The van der Waals surface area contributed by atoms with Crippen LogP contribution in [-0.2, 0) is 4.79 Å². The van der Waals surface area contributed by atoms with Crippen LogP contribution in [0, 0.1) is 0 Å². The summed E-state index contributed by atoms with van der Waals surface area (Å²) >= 11 is 0. The van der Waals surface area contributed by atoms with Crippen molar-refractivity contribution in [1.82, 2.24) is 16.2 Å². The molecule has 3 unspecified atom stereocenters. The zero-order valence-corrected chi connectivity index (χ0v) is 12.7. The summed E-state index contributed by atoms with van der Waals surface area (Å²) in [5, 5.41) is 2.90.